The highest BCUT2D eigenvalue weighted by Crippen LogP contribution is 2.24. The van der Waals surface area contributed by atoms with Crippen molar-refractivity contribution in [1.82, 2.24) is 0 Å². The highest BCUT2D eigenvalue weighted by atomic mass is 16.6. The third-order valence-electron chi connectivity index (χ3n) is 4.51. The number of nitrogens with zero attached hydrogens (tertiary/aromatic N) is 1. The van der Waals surface area contributed by atoms with Crippen LogP contribution in [0.15, 0.2) is 102 Å². The second kappa shape index (κ2) is 8.62. The molecular formula is C26H21NO3. The number of carbonyl (C=O) groups excluding carboxylic acids is 1. The number of carbonyl (C=O) groups is 1. The van der Waals surface area contributed by atoms with E-state index in [1.54, 1.807) is 6.08 Å². The molecule has 30 heavy (non-hydrogen) atoms. The predicted octanol–water partition coefficient (Wildman–Crippen LogP) is 5.65. The maximum Gasteiger partial charge on any atom is 0.363 e. The lowest BCUT2D eigenvalue weighted by Gasteiger charge is -2.06. The summed E-state index contributed by atoms with van der Waals surface area (Å²) in [6, 6.07) is 25.4. The van der Waals surface area contributed by atoms with Gasteiger partial charge in [-0.2, -0.15) is 0 Å². The minimum atomic E-state index is -0.467. The Bertz CT molecular complexity index is 1140. The van der Waals surface area contributed by atoms with Crippen LogP contribution in [0.1, 0.15) is 18.1 Å². The fourth-order valence-electron chi connectivity index (χ4n) is 3.03. The number of cyclic esters (lactones) is 1. The summed E-state index contributed by atoms with van der Waals surface area (Å²) in [6.07, 6.45) is 1.70. The van der Waals surface area contributed by atoms with E-state index >= 15 is 0 Å². The zero-order valence-corrected chi connectivity index (χ0v) is 16.7. The minimum absolute atomic E-state index is 0.259. The topological polar surface area (TPSA) is 47.9 Å². The van der Waals surface area contributed by atoms with Gasteiger partial charge in [-0.05, 0) is 59.5 Å². The molecule has 3 aromatic rings. The molecule has 0 spiro atoms. The molecule has 0 amide bonds. The molecule has 0 bridgehead atoms. The number of ether oxygens (including phenoxy) is 2. The molecule has 1 aliphatic heterocycles. The van der Waals surface area contributed by atoms with Gasteiger partial charge in [-0.3, -0.25) is 0 Å². The quantitative estimate of drug-likeness (QED) is 0.308. The molecular weight excluding hydrogens is 374 g/mol. The van der Waals surface area contributed by atoms with Crippen molar-refractivity contribution in [3.8, 4) is 16.9 Å². The van der Waals surface area contributed by atoms with Gasteiger partial charge in [0.2, 0.25) is 5.90 Å². The lowest BCUT2D eigenvalue weighted by atomic mass is 10.0. The molecule has 4 nitrogen and oxygen atoms in total. The summed E-state index contributed by atoms with van der Waals surface area (Å²) in [5.41, 5.74) is 4.98. The Hall–Kier alpha value is -3.92. The Balaban J connectivity index is 1.54. The smallest absolute Gasteiger partial charge is 0.363 e. The molecule has 1 aliphatic rings. The van der Waals surface area contributed by atoms with Gasteiger partial charge in [-0.1, -0.05) is 61.2 Å². The molecule has 0 saturated carbocycles. The highest BCUT2D eigenvalue weighted by Gasteiger charge is 2.24. The maximum atomic E-state index is 12.3. The molecule has 0 radical (unpaired) electrons. The first-order valence-corrected chi connectivity index (χ1v) is 9.64. The fraction of sp³-hybridized carbons (Fsp3) is 0.0769. The summed E-state index contributed by atoms with van der Waals surface area (Å²) in [4.78, 5) is 16.7. The minimum Gasteiger partial charge on any atom is -0.489 e. The molecule has 4 rings (SSSR count). The average Bonchev–Trinajstić information content (AvgIpc) is 3.13. The van der Waals surface area contributed by atoms with Crippen molar-refractivity contribution in [3.05, 3.63) is 108 Å². The molecule has 4 heteroatoms. The van der Waals surface area contributed by atoms with Gasteiger partial charge in [0, 0.05) is 5.56 Å². The van der Waals surface area contributed by atoms with Gasteiger partial charge in [-0.25, -0.2) is 9.79 Å². The summed E-state index contributed by atoms with van der Waals surface area (Å²) in [6.45, 7) is 6.18. The first kappa shape index (κ1) is 19.4. The van der Waals surface area contributed by atoms with Gasteiger partial charge >= 0.3 is 5.97 Å². The van der Waals surface area contributed by atoms with Gasteiger partial charge in [0.25, 0.3) is 0 Å². The lowest BCUT2D eigenvalue weighted by molar-refractivity contribution is -0.129. The Morgan fingerprint density at radius 1 is 0.967 bits per heavy atom. The van der Waals surface area contributed by atoms with Crippen molar-refractivity contribution in [1.29, 1.82) is 0 Å². The number of hydrogen-bond acceptors (Lipinski definition) is 4. The van der Waals surface area contributed by atoms with E-state index < -0.39 is 5.97 Å². The van der Waals surface area contributed by atoms with Crippen LogP contribution in [0.5, 0.6) is 5.75 Å². The summed E-state index contributed by atoms with van der Waals surface area (Å²) >= 11 is 0. The van der Waals surface area contributed by atoms with Crippen molar-refractivity contribution in [2.45, 2.75) is 6.92 Å². The van der Waals surface area contributed by atoms with Gasteiger partial charge in [0.05, 0.1) is 0 Å². The fourth-order valence-corrected chi connectivity index (χ4v) is 3.03. The second-order valence-corrected chi connectivity index (χ2v) is 7.10. The van der Waals surface area contributed by atoms with Gasteiger partial charge < -0.3 is 9.47 Å². The molecule has 0 N–H and O–H groups in total. The maximum absolute atomic E-state index is 12.3. The Morgan fingerprint density at radius 2 is 1.67 bits per heavy atom. The average molecular weight is 395 g/mol. The third-order valence-corrected chi connectivity index (χ3v) is 4.51. The first-order chi connectivity index (χ1) is 14.6. The summed E-state index contributed by atoms with van der Waals surface area (Å²) in [5, 5.41) is 0. The van der Waals surface area contributed by atoms with Crippen LogP contribution < -0.4 is 4.74 Å². The largest absolute Gasteiger partial charge is 0.489 e. The van der Waals surface area contributed by atoms with Crippen LogP contribution in [0.4, 0.5) is 0 Å². The molecule has 148 valence electrons. The van der Waals surface area contributed by atoms with E-state index in [0.717, 1.165) is 27.8 Å². The molecule has 3 aromatic carbocycles. The summed E-state index contributed by atoms with van der Waals surface area (Å²) in [7, 11) is 0. The lowest BCUT2D eigenvalue weighted by Crippen LogP contribution is -2.05. The van der Waals surface area contributed by atoms with Gasteiger partial charge in [0.15, 0.2) is 5.70 Å². The zero-order chi connectivity index (χ0) is 20.9. The van der Waals surface area contributed by atoms with E-state index in [-0.39, 0.29) is 5.70 Å². The molecule has 0 fully saturated rings. The molecule has 0 unspecified atom stereocenters. The van der Waals surface area contributed by atoms with Gasteiger partial charge in [-0.15, -0.1) is 0 Å². The molecule has 0 saturated heterocycles. The van der Waals surface area contributed by atoms with Crippen LogP contribution in [-0.2, 0) is 9.53 Å². The van der Waals surface area contributed by atoms with Crippen molar-refractivity contribution >= 4 is 17.9 Å². The van der Waals surface area contributed by atoms with Crippen molar-refractivity contribution in [3.63, 3.8) is 0 Å². The number of aliphatic imine (C=N–C) groups is 1. The van der Waals surface area contributed by atoms with Crippen LogP contribution in [0.25, 0.3) is 17.2 Å². The molecule has 0 aromatic heterocycles. The van der Waals surface area contributed by atoms with E-state index in [4.69, 9.17) is 9.47 Å². The van der Waals surface area contributed by atoms with Gasteiger partial charge in [0.1, 0.15) is 12.4 Å². The van der Waals surface area contributed by atoms with E-state index in [1.807, 2.05) is 73.7 Å². The van der Waals surface area contributed by atoms with Crippen molar-refractivity contribution in [2.75, 3.05) is 6.61 Å². The molecule has 0 aliphatic carbocycles. The molecule has 1 heterocycles. The number of benzene rings is 3. The second-order valence-electron chi connectivity index (χ2n) is 7.10. The molecule has 0 atom stereocenters. The van der Waals surface area contributed by atoms with Crippen molar-refractivity contribution in [2.24, 2.45) is 4.99 Å². The van der Waals surface area contributed by atoms with Crippen LogP contribution in [0.3, 0.4) is 0 Å². The number of esters is 1. The summed E-state index contributed by atoms with van der Waals surface area (Å²) in [5.74, 6) is 0.547. The van der Waals surface area contributed by atoms with E-state index in [2.05, 4.69) is 23.7 Å². The van der Waals surface area contributed by atoms with Crippen LogP contribution in [0.2, 0.25) is 0 Å². The SMILES string of the molecule is C=C(C)COc1cccc(/C=C2\N=C(c3ccc(-c4ccccc4)cc3)OC2=O)c1. The van der Waals surface area contributed by atoms with E-state index in [1.165, 1.54) is 0 Å². The Kier molecular flexibility index (Phi) is 5.57. The first-order valence-electron chi connectivity index (χ1n) is 9.64. The van der Waals surface area contributed by atoms with Crippen LogP contribution >= 0.6 is 0 Å². The van der Waals surface area contributed by atoms with E-state index in [9.17, 15) is 4.79 Å². The Labute approximate surface area is 175 Å². The monoisotopic (exact) mass is 395 g/mol. The highest BCUT2D eigenvalue weighted by molar-refractivity contribution is 6.13. The summed E-state index contributed by atoms with van der Waals surface area (Å²) < 4.78 is 11.0. The Morgan fingerprint density at radius 3 is 2.40 bits per heavy atom. The normalized spacial score (nSPS) is 14.4. The number of hydrogen-bond donors (Lipinski definition) is 0. The zero-order valence-electron chi connectivity index (χ0n) is 16.7. The van der Waals surface area contributed by atoms with E-state index in [0.29, 0.717) is 18.3 Å². The van der Waals surface area contributed by atoms with Crippen LogP contribution in [-0.4, -0.2) is 18.5 Å². The standard InChI is InChI=1S/C26H21NO3/c1-18(2)17-29-23-10-6-7-19(15-23)16-24-26(28)30-25(27-24)22-13-11-21(12-14-22)20-8-4-3-5-9-20/h3-16H,1,17H2,2H3/b24-16-. The number of rotatable bonds is 6. The predicted molar refractivity (Wildman–Crippen MR) is 119 cm³/mol. The van der Waals surface area contributed by atoms with Crippen molar-refractivity contribution < 1.29 is 14.3 Å². The third kappa shape index (κ3) is 4.55. The van der Waals surface area contributed by atoms with Crippen LogP contribution in [0, 0.1) is 0 Å².